The van der Waals surface area contributed by atoms with Crippen molar-refractivity contribution in [3.63, 3.8) is 0 Å². The van der Waals surface area contributed by atoms with Gasteiger partial charge in [0.25, 0.3) is 5.91 Å². The lowest BCUT2D eigenvalue weighted by Gasteiger charge is -2.34. The first kappa shape index (κ1) is 21.9. The smallest absolute Gasteiger partial charge is 0.429 e. The third-order valence-electron chi connectivity index (χ3n) is 6.60. The quantitative estimate of drug-likeness (QED) is 0.640. The molecule has 2 saturated heterocycles. The first-order valence-corrected chi connectivity index (χ1v) is 10.6. The Labute approximate surface area is 185 Å². The highest BCUT2D eigenvalue weighted by molar-refractivity contribution is 6.03. The summed E-state index contributed by atoms with van der Waals surface area (Å²) in [4.78, 5) is 42.1. The Hall–Kier alpha value is -3.34. The van der Waals surface area contributed by atoms with Crippen molar-refractivity contribution < 1.29 is 24.6 Å². The van der Waals surface area contributed by atoms with Crippen molar-refractivity contribution >= 4 is 29.5 Å². The summed E-state index contributed by atoms with van der Waals surface area (Å²) in [7, 11) is 2.09. The van der Waals surface area contributed by atoms with E-state index in [4.69, 9.17) is 0 Å². The van der Waals surface area contributed by atoms with E-state index in [9.17, 15) is 24.6 Å². The molecule has 4 rings (SSSR count). The topological polar surface area (TPSA) is 129 Å². The summed E-state index contributed by atoms with van der Waals surface area (Å²) < 4.78 is 0. The van der Waals surface area contributed by atoms with Crippen LogP contribution in [-0.2, 0) is 0 Å². The number of amides is 3. The molecule has 0 saturated carbocycles. The third-order valence-corrected chi connectivity index (χ3v) is 6.60. The van der Waals surface area contributed by atoms with Crippen LogP contribution >= 0.6 is 0 Å². The number of nitrogens with one attached hydrogen (secondary N) is 1. The predicted molar refractivity (Wildman–Crippen MR) is 117 cm³/mol. The van der Waals surface area contributed by atoms with Gasteiger partial charge in [0.1, 0.15) is 6.17 Å². The van der Waals surface area contributed by atoms with Crippen LogP contribution in [0.2, 0.25) is 0 Å². The van der Waals surface area contributed by atoms with Crippen LogP contribution in [0.25, 0.3) is 0 Å². The highest BCUT2D eigenvalue weighted by Crippen LogP contribution is 2.37. The molecule has 3 amide bonds. The van der Waals surface area contributed by atoms with Gasteiger partial charge in [0, 0.05) is 44.0 Å². The first-order chi connectivity index (χ1) is 15.1. The Morgan fingerprint density at radius 2 is 1.66 bits per heavy atom. The zero-order chi connectivity index (χ0) is 23.2. The lowest BCUT2D eigenvalue weighted by atomic mass is 9.92. The average molecular weight is 444 g/mol. The molecule has 3 aliphatic rings. The monoisotopic (exact) mass is 444 g/mol. The Kier molecular flexibility index (Phi) is 5.45. The van der Waals surface area contributed by atoms with Crippen molar-refractivity contribution in [2.24, 2.45) is 11.0 Å². The van der Waals surface area contributed by atoms with E-state index in [-0.39, 0.29) is 6.54 Å². The van der Waals surface area contributed by atoms with Gasteiger partial charge in [-0.25, -0.2) is 9.59 Å². The van der Waals surface area contributed by atoms with E-state index in [0.717, 1.165) is 36.9 Å². The Morgan fingerprint density at radius 1 is 1.03 bits per heavy atom. The summed E-state index contributed by atoms with van der Waals surface area (Å²) in [6.07, 6.45) is -3.39. The van der Waals surface area contributed by atoms with Crippen molar-refractivity contribution in [2.45, 2.75) is 25.6 Å². The molecule has 11 heteroatoms. The maximum atomic E-state index is 12.9. The van der Waals surface area contributed by atoms with Gasteiger partial charge in [0.2, 0.25) is 0 Å². The fourth-order valence-corrected chi connectivity index (χ4v) is 4.64. The zero-order valence-corrected chi connectivity index (χ0v) is 18.4. The molecule has 0 aromatic heterocycles. The van der Waals surface area contributed by atoms with E-state index in [1.807, 2.05) is 12.1 Å². The van der Waals surface area contributed by atoms with Crippen molar-refractivity contribution in [3.05, 3.63) is 29.8 Å². The van der Waals surface area contributed by atoms with Crippen LogP contribution in [-0.4, -0.2) is 100 Å². The molecule has 0 aliphatic carbocycles. The second-order valence-electron chi connectivity index (χ2n) is 8.93. The molecule has 3 N–H and O–H groups in total. The lowest BCUT2D eigenvalue weighted by molar-refractivity contribution is 0.0786. The van der Waals surface area contributed by atoms with Crippen LogP contribution in [0.4, 0.5) is 15.3 Å². The normalized spacial score (nSPS) is 24.8. The number of benzene rings is 1. The van der Waals surface area contributed by atoms with Crippen molar-refractivity contribution in [1.82, 2.24) is 20.1 Å². The number of carbonyl (C=O) groups is 3. The molecule has 0 radical (unpaired) electrons. The molecule has 2 fully saturated rings. The second-order valence-corrected chi connectivity index (χ2v) is 8.93. The van der Waals surface area contributed by atoms with Gasteiger partial charge in [-0.05, 0) is 45.2 Å². The highest BCUT2D eigenvalue weighted by Gasteiger charge is 2.56. The summed E-state index contributed by atoms with van der Waals surface area (Å²) in [5, 5.41) is 26.8. The number of likely N-dealkylation sites (tertiary alicyclic amines) is 1. The van der Waals surface area contributed by atoms with E-state index in [1.54, 1.807) is 26.0 Å². The molecular formula is C21H28N6O5. The van der Waals surface area contributed by atoms with Gasteiger partial charge in [-0.1, -0.05) is 0 Å². The van der Waals surface area contributed by atoms with Crippen LogP contribution < -0.4 is 10.2 Å². The molecule has 0 spiro atoms. The Balaban J connectivity index is 1.50. The minimum atomic E-state index is -1.31. The summed E-state index contributed by atoms with van der Waals surface area (Å²) >= 11 is 0. The summed E-state index contributed by atoms with van der Waals surface area (Å²) in [5.41, 5.74) is 0.892. The van der Waals surface area contributed by atoms with Gasteiger partial charge in [-0.2, -0.15) is 10.1 Å². The molecule has 3 heterocycles. The van der Waals surface area contributed by atoms with Gasteiger partial charge in [-0.15, -0.1) is 0 Å². The van der Waals surface area contributed by atoms with E-state index >= 15 is 0 Å². The van der Waals surface area contributed by atoms with Crippen molar-refractivity contribution in [1.29, 1.82) is 0 Å². The number of hydrogen-bond acceptors (Lipinski definition) is 6. The number of fused-ring (bicyclic) bond motifs is 1. The van der Waals surface area contributed by atoms with Crippen molar-refractivity contribution in [2.75, 3.05) is 44.7 Å². The second kappa shape index (κ2) is 7.97. The fraction of sp³-hybridized carbons (Fsp3) is 0.524. The molecule has 1 aromatic rings. The molecule has 172 valence electrons. The number of likely N-dealkylation sites (N-methyl/N-ethyl adjacent to an activating group) is 1. The molecule has 32 heavy (non-hydrogen) atoms. The number of hydrogen-bond donors (Lipinski definition) is 3. The van der Waals surface area contributed by atoms with Gasteiger partial charge in [-0.3, -0.25) is 9.69 Å². The van der Waals surface area contributed by atoms with Gasteiger partial charge < -0.3 is 25.3 Å². The van der Waals surface area contributed by atoms with Crippen LogP contribution in [0.15, 0.2) is 29.4 Å². The highest BCUT2D eigenvalue weighted by atomic mass is 16.4. The van der Waals surface area contributed by atoms with Gasteiger partial charge >= 0.3 is 12.2 Å². The number of carbonyl (C=O) groups excluding carboxylic acids is 1. The summed E-state index contributed by atoms with van der Waals surface area (Å²) in [5.74, 6) is -0.986. The third kappa shape index (κ3) is 3.72. The molecule has 2 atom stereocenters. The number of anilines is 1. The van der Waals surface area contributed by atoms with Crippen molar-refractivity contribution in [3.8, 4) is 0 Å². The minimum absolute atomic E-state index is 0.0538. The van der Waals surface area contributed by atoms with E-state index in [2.05, 4.69) is 27.3 Å². The molecular weight excluding hydrogens is 416 g/mol. The van der Waals surface area contributed by atoms with Crippen LogP contribution in [0, 0.1) is 5.92 Å². The summed E-state index contributed by atoms with van der Waals surface area (Å²) in [6, 6.07) is 7.20. The van der Waals surface area contributed by atoms with Gasteiger partial charge in [0.05, 0.1) is 17.2 Å². The number of carboxylic acid groups (broad SMARTS) is 2. The maximum absolute atomic E-state index is 12.9. The molecule has 11 nitrogen and oxygen atoms in total. The van der Waals surface area contributed by atoms with Gasteiger partial charge in [0.15, 0.2) is 0 Å². The Bertz CT molecular complexity index is 954. The largest absolute Gasteiger partial charge is 0.465 e. The Morgan fingerprint density at radius 3 is 2.22 bits per heavy atom. The molecule has 2 unspecified atom stereocenters. The van der Waals surface area contributed by atoms with E-state index in [0.29, 0.717) is 11.3 Å². The minimum Gasteiger partial charge on any atom is -0.465 e. The predicted octanol–water partition coefficient (Wildman–Crippen LogP) is 1.23. The SMILES string of the molecule is CN1CCN(c2ccc(C(=O)NC3C4CN(C(=O)O)C(C)(C)C4=NN3C(=O)O)cc2)CC1. The lowest BCUT2D eigenvalue weighted by Crippen LogP contribution is -2.51. The fourth-order valence-electron chi connectivity index (χ4n) is 4.64. The maximum Gasteiger partial charge on any atom is 0.429 e. The number of rotatable bonds is 3. The van der Waals surface area contributed by atoms with E-state index < -0.39 is 35.7 Å². The molecule has 0 bridgehead atoms. The molecule has 3 aliphatic heterocycles. The summed E-state index contributed by atoms with van der Waals surface area (Å²) in [6.45, 7) is 7.19. The average Bonchev–Trinajstić information content (AvgIpc) is 3.23. The first-order valence-electron chi connectivity index (χ1n) is 10.6. The molecule has 1 aromatic carbocycles. The number of hydrazone groups is 1. The van der Waals surface area contributed by atoms with E-state index in [1.165, 1.54) is 4.90 Å². The standard InChI is InChI=1S/C21H28N6O5/c1-21(2)16-15(12-26(21)19(29)30)17(27(23-16)20(31)32)22-18(28)13-4-6-14(7-5-13)25-10-8-24(3)9-11-25/h4-7,15,17H,8-12H2,1-3H3,(H,22,28)(H,29,30)(H,31,32). The number of nitrogens with zero attached hydrogens (tertiary/aromatic N) is 5. The van der Waals surface area contributed by atoms with Crippen LogP contribution in [0.1, 0.15) is 24.2 Å². The number of piperazine rings is 1. The zero-order valence-electron chi connectivity index (χ0n) is 18.4. The van der Waals surface area contributed by atoms with Crippen LogP contribution in [0.3, 0.4) is 0 Å². The van der Waals surface area contributed by atoms with Crippen LogP contribution in [0.5, 0.6) is 0 Å².